The van der Waals surface area contributed by atoms with Crippen molar-refractivity contribution in [2.75, 3.05) is 46.9 Å². The van der Waals surface area contributed by atoms with Gasteiger partial charge in [-0.05, 0) is 50.3 Å². The topological polar surface area (TPSA) is 53.1 Å². The van der Waals surface area contributed by atoms with E-state index in [1.165, 1.54) is 45.2 Å². The van der Waals surface area contributed by atoms with Gasteiger partial charge in [-0.2, -0.15) is 0 Å². The summed E-state index contributed by atoms with van der Waals surface area (Å²) in [6.07, 6.45) is 6.52. The minimum Gasteiger partial charge on any atom is -0.383 e. The van der Waals surface area contributed by atoms with Crippen LogP contribution >= 0.6 is 0 Å². The van der Waals surface area contributed by atoms with Gasteiger partial charge in [0.15, 0.2) is 0 Å². The third-order valence-electron chi connectivity index (χ3n) is 7.61. The summed E-state index contributed by atoms with van der Waals surface area (Å²) in [6.45, 7) is 4.30. The summed E-state index contributed by atoms with van der Waals surface area (Å²) in [5.41, 5.74) is 1.04. The molecule has 3 heterocycles. The van der Waals surface area contributed by atoms with Crippen LogP contribution in [-0.4, -0.2) is 79.5 Å². The molecule has 0 bridgehead atoms. The number of nitrogens with zero attached hydrogens (tertiary/aromatic N) is 3. The van der Waals surface area contributed by atoms with Crippen LogP contribution in [0.15, 0.2) is 30.3 Å². The summed E-state index contributed by atoms with van der Waals surface area (Å²) >= 11 is 0. The summed E-state index contributed by atoms with van der Waals surface area (Å²) in [5, 5.41) is 0. The van der Waals surface area contributed by atoms with Crippen LogP contribution in [0.3, 0.4) is 0 Å². The van der Waals surface area contributed by atoms with Crippen LogP contribution < -0.4 is 0 Å². The van der Waals surface area contributed by atoms with Crippen LogP contribution in [0.4, 0.5) is 0 Å². The smallest absolute Gasteiger partial charge is 0.228 e. The Morgan fingerprint density at radius 3 is 2.68 bits per heavy atom. The quantitative estimate of drug-likeness (QED) is 0.671. The maximum atomic E-state index is 13.8. The van der Waals surface area contributed by atoms with E-state index in [4.69, 9.17) is 4.74 Å². The lowest BCUT2D eigenvalue weighted by atomic mass is 9.83. The van der Waals surface area contributed by atoms with Gasteiger partial charge in [-0.25, -0.2) is 0 Å². The molecule has 3 saturated heterocycles. The lowest BCUT2D eigenvalue weighted by Crippen LogP contribution is -2.52. The summed E-state index contributed by atoms with van der Waals surface area (Å²) < 4.78 is 5.35. The zero-order valence-corrected chi connectivity index (χ0v) is 19.0. The average Bonchev–Trinajstić information content (AvgIpc) is 3.11. The third-order valence-corrected chi connectivity index (χ3v) is 7.61. The summed E-state index contributed by atoms with van der Waals surface area (Å²) in [6, 6.07) is 10.4. The van der Waals surface area contributed by atoms with Crippen molar-refractivity contribution in [3.05, 3.63) is 35.9 Å². The third kappa shape index (κ3) is 4.80. The zero-order chi connectivity index (χ0) is 21.8. The van der Waals surface area contributed by atoms with Crippen LogP contribution in [0, 0.1) is 11.8 Å². The Morgan fingerprint density at radius 2 is 1.90 bits per heavy atom. The van der Waals surface area contributed by atoms with Crippen molar-refractivity contribution in [1.29, 1.82) is 0 Å². The summed E-state index contributed by atoms with van der Waals surface area (Å²) in [5.74, 6) is 0.342. The number of benzene rings is 1. The molecule has 3 aliphatic heterocycles. The molecule has 3 aliphatic rings. The molecule has 1 aromatic rings. The highest BCUT2D eigenvalue weighted by Crippen LogP contribution is 2.39. The number of fused-ring (bicyclic) bond motifs is 1. The van der Waals surface area contributed by atoms with Crippen molar-refractivity contribution in [3.8, 4) is 0 Å². The first kappa shape index (κ1) is 22.3. The molecule has 3 fully saturated rings. The van der Waals surface area contributed by atoms with Gasteiger partial charge in [0.2, 0.25) is 11.8 Å². The lowest BCUT2D eigenvalue weighted by Gasteiger charge is -2.46. The van der Waals surface area contributed by atoms with E-state index in [2.05, 4.69) is 4.90 Å². The fraction of sp³-hybridized carbons (Fsp3) is 0.680. The largest absolute Gasteiger partial charge is 0.383 e. The van der Waals surface area contributed by atoms with Gasteiger partial charge in [0.1, 0.15) is 0 Å². The van der Waals surface area contributed by atoms with Crippen LogP contribution in [0.5, 0.6) is 0 Å². The fourth-order valence-electron chi connectivity index (χ4n) is 6.00. The molecule has 0 unspecified atom stereocenters. The number of likely N-dealkylation sites (tertiary alicyclic amines) is 1. The molecule has 0 saturated carbocycles. The molecule has 4 atom stereocenters. The van der Waals surface area contributed by atoms with Crippen LogP contribution in [-0.2, 0) is 14.3 Å². The second-order valence-corrected chi connectivity index (χ2v) is 9.45. The van der Waals surface area contributed by atoms with E-state index in [1.807, 2.05) is 42.3 Å². The molecule has 6 heteroatoms. The summed E-state index contributed by atoms with van der Waals surface area (Å²) in [7, 11) is 3.51. The van der Waals surface area contributed by atoms with Crippen LogP contribution in [0.25, 0.3) is 0 Å². The standard InChI is InChI=1S/C25H37N3O3/c1-26-23(29)17-21(24(26)19-9-4-3-5-10-19)25(30)28(15-16-31-2)18-20-11-8-14-27-13-7-6-12-22(20)27/h3-5,9-10,20-22,24H,6-8,11-18H2,1-2H3/t20-,21-,22+,24+/m0/s1. The normalized spacial score (nSPS) is 29.1. The lowest BCUT2D eigenvalue weighted by molar-refractivity contribution is -0.138. The van der Waals surface area contributed by atoms with E-state index in [1.54, 1.807) is 12.0 Å². The van der Waals surface area contributed by atoms with Gasteiger partial charge in [0.25, 0.3) is 0 Å². The molecule has 0 aromatic heterocycles. The average molecular weight is 428 g/mol. The number of carbonyl (C=O) groups excluding carboxylic acids is 2. The predicted molar refractivity (Wildman–Crippen MR) is 120 cm³/mol. The summed E-state index contributed by atoms with van der Waals surface area (Å²) in [4.78, 5) is 32.9. The first-order valence-electron chi connectivity index (χ1n) is 11.9. The SMILES string of the molecule is COCCN(C[C@@H]1CCCN2CCCC[C@H]12)C(=O)[C@H]1CC(=O)N(C)[C@@H]1c1ccccc1. The molecule has 4 rings (SSSR count). The van der Waals surface area contributed by atoms with Gasteiger partial charge in [0.05, 0.1) is 18.6 Å². The van der Waals surface area contributed by atoms with Crippen molar-refractivity contribution >= 4 is 11.8 Å². The van der Waals surface area contributed by atoms with Crippen molar-refractivity contribution in [1.82, 2.24) is 14.7 Å². The predicted octanol–water partition coefficient (Wildman–Crippen LogP) is 2.95. The maximum Gasteiger partial charge on any atom is 0.228 e. The van der Waals surface area contributed by atoms with Gasteiger partial charge in [-0.3, -0.25) is 9.59 Å². The van der Waals surface area contributed by atoms with E-state index in [9.17, 15) is 9.59 Å². The zero-order valence-electron chi connectivity index (χ0n) is 19.0. The van der Waals surface area contributed by atoms with Crippen molar-refractivity contribution in [3.63, 3.8) is 0 Å². The first-order chi connectivity index (χ1) is 15.1. The molecular weight excluding hydrogens is 390 g/mol. The van der Waals surface area contributed by atoms with Crippen LogP contribution in [0.1, 0.15) is 50.1 Å². The highest BCUT2D eigenvalue weighted by atomic mass is 16.5. The number of hydrogen-bond donors (Lipinski definition) is 0. The number of rotatable bonds is 7. The second-order valence-electron chi connectivity index (χ2n) is 9.45. The van der Waals surface area contributed by atoms with Gasteiger partial charge in [-0.1, -0.05) is 36.8 Å². The Balaban J connectivity index is 1.53. The van der Waals surface area contributed by atoms with E-state index >= 15 is 0 Å². The molecule has 1 aromatic carbocycles. The Morgan fingerprint density at radius 1 is 1.13 bits per heavy atom. The molecule has 31 heavy (non-hydrogen) atoms. The van der Waals surface area contributed by atoms with E-state index in [0.29, 0.717) is 31.5 Å². The van der Waals surface area contributed by atoms with Crippen molar-refractivity contribution < 1.29 is 14.3 Å². The maximum absolute atomic E-state index is 13.8. The van der Waals surface area contributed by atoms with Crippen LogP contribution in [0.2, 0.25) is 0 Å². The van der Waals surface area contributed by atoms with Crippen molar-refractivity contribution in [2.24, 2.45) is 11.8 Å². The molecule has 6 nitrogen and oxygen atoms in total. The van der Waals surface area contributed by atoms with Gasteiger partial charge < -0.3 is 19.4 Å². The molecule has 170 valence electrons. The van der Waals surface area contributed by atoms with E-state index < -0.39 is 0 Å². The molecule has 0 radical (unpaired) electrons. The first-order valence-corrected chi connectivity index (χ1v) is 11.9. The Labute approximate surface area is 186 Å². The fourth-order valence-corrected chi connectivity index (χ4v) is 6.00. The highest BCUT2D eigenvalue weighted by Gasteiger charge is 2.45. The van der Waals surface area contributed by atoms with Crippen molar-refractivity contribution in [2.45, 2.75) is 50.6 Å². The number of amides is 2. The van der Waals surface area contributed by atoms with Gasteiger partial charge in [-0.15, -0.1) is 0 Å². The number of methoxy groups -OCH3 is 1. The van der Waals surface area contributed by atoms with Gasteiger partial charge in [0, 0.05) is 39.7 Å². The molecular formula is C25H37N3O3. The van der Waals surface area contributed by atoms with E-state index in [-0.39, 0.29) is 23.8 Å². The van der Waals surface area contributed by atoms with Gasteiger partial charge >= 0.3 is 0 Å². The number of piperidine rings is 2. The molecule has 0 spiro atoms. The Hall–Kier alpha value is -1.92. The molecule has 0 N–H and O–H groups in total. The Kier molecular flexibility index (Phi) is 7.28. The monoisotopic (exact) mass is 427 g/mol. The number of carbonyl (C=O) groups is 2. The minimum atomic E-state index is -0.331. The number of hydrogen-bond acceptors (Lipinski definition) is 4. The molecule has 0 aliphatic carbocycles. The minimum absolute atomic E-state index is 0.0509. The van der Waals surface area contributed by atoms with E-state index in [0.717, 1.165) is 12.1 Å². The second kappa shape index (κ2) is 10.1. The number of ether oxygens (including phenoxy) is 1. The Bertz CT molecular complexity index is 754. The molecule has 2 amide bonds. The highest BCUT2D eigenvalue weighted by molar-refractivity contribution is 5.90.